The minimum atomic E-state index is 1.05. The molecule has 0 radical (unpaired) electrons. The minimum absolute atomic E-state index is 1.05. The number of fused-ring (bicyclic) bond motifs is 2. The Hall–Kier alpha value is -2.12. The maximum atomic E-state index is 2.38. The molecule has 4 rings (SSSR count). The monoisotopic (exact) mass is 259 g/mol. The molecule has 0 atom stereocenters. The van der Waals surface area contributed by atoms with E-state index in [0.717, 1.165) is 13.1 Å². The van der Waals surface area contributed by atoms with Crippen LogP contribution in [0, 0.1) is 0 Å². The van der Waals surface area contributed by atoms with E-state index in [9.17, 15) is 0 Å². The van der Waals surface area contributed by atoms with Gasteiger partial charge in [-0.3, -0.25) is 4.90 Å². The molecule has 0 saturated carbocycles. The summed E-state index contributed by atoms with van der Waals surface area (Å²) in [5, 5.41) is 2.72. The lowest BCUT2D eigenvalue weighted by molar-refractivity contribution is 0.353. The normalized spacial score (nSPS) is 14.7. The average Bonchev–Trinajstić information content (AvgIpc) is 2.85. The number of hydrogen-bond acceptors (Lipinski definition) is 1. The van der Waals surface area contributed by atoms with Gasteiger partial charge in [-0.15, -0.1) is 0 Å². The van der Waals surface area contributed by atoms with Crippen LogP contribution in [0.5, 0.6) is 0 Å². The van der Waals surface area contributed by atoms with Gasteiger partial charge in [-0.1, -0.05) is 54.6 Å². The standard InChI is InChI=1S/C19H17N/c1-20-12-16-11-15-9-5-6-10-17(15)19(18(16)13-20)14-7-3-2-4-8-14/h2-11H,12-13H2,1H3. The summed E-state index contributed by atoms with van der Waals surface area (Å²) in [5.74, 6) is 0. The van der Waals surface area contributed by atoms with Gasteiger partial charge in [0.25, 0.3) is 0 Å². The molecule has 0 aliphatic carbocycles. The summed E-state index contributed by atoms with van der Waals surface area (Å²) in [5.41, 5.74) is 5.72. The van der Waals surface area contributed by atoms with Gasteiger partial charge in [0.15, 0.2) is 0 Å². The van der Waals surface area contributed by atoms with Gasteiger partial charge in [0.1, 0.15) is 0 Å². The minimum Gasteiger partial charge on any atom is -0.298 e. The number of rotatable bonds is 1. The van der Waals surface area contributed by atoms with Crippen molar-refractivity contribution in [1.82, 2.24) is 4.90 Å². The van der Waals surface area contributed by atoms with Crippen LogP contribution in [0.15, 0.2) is 60.7 Å². The Morgan fingerprint density at radius 2 is 1.60 bits per heavy atom. The van der Waals surface area contributed by atoms with Crippen molar-refractivity contribution in [3.8, 4) is 11.1 Å². The zero-order valence-corrected chi connectivity index (χ0v) is 11.6. The van der Waals surface area contributed by atoms with Crippen LogP contribution < -0.4 is 0 Å². The molecule has 1 heteroatoms. The highest BCUT2D eigenvalue weighted by Crippen LogP contribution is 2.38. The second kappa shape index (κ2) is 4.46. The van der Waals surface area contributed by atoms with Crippen LogP contribution in [0.1, 0.15) is 11.1 Å². The van der Waals surface area contributed by atoms with Gasteiger partial charge in [0.05, 0.1) is 0 Å². The van der Waals surface area contributed by atoms with Gasteiger partial charge in [-0.25, -0.2) is 0 Å². The fourth-order valence-corrected chi connectivity index (χ4v) is 3.32. The third-order valence-electron chi connectivity index (χ3n) is 4.18. The highest BCUT2D eigenvalue weighted by atomic mass is 15.1. The third kappa shape index (κ3) is 1.75. The van der Waals surface area contributed by atoms with Gasteiger partial charge in [-0.2, -0.15) is 0 Å². The Bertz CT molecular complexity index is 774. The van der Waals surface area contributed by atoms with E-state index in [1.807, 2.05) is 0 Å². The first-order valence-electron chi connectivity index (χ1n) is 7.10. The van der Waals surface area contributed by atoms with E-state index in [0.29, 0.717) is 0 Å². The highest BCUT2D eigenvalue weighted by Gasteiger charge is 2.21. The molecule has 3 aromatic rings. The Balaban J connectivity index is 2.10. The maximum absolute atomic E-state index is 2.38. The quantitative estimate of drug-likeness (QED) is 0.624. The van der Waals surface area contributed by atoms with Crippen molar-refractivity contribution in [3.05, 3.63) is 71.8 Å². The number of hydrogen-bond donors (Lipinski definition) is 0. The van der Waals surface area contributed by atoms with E-state index in [2.05, 4.69) is 72.6 Å². The van der Waals surface area contributed by atoms with Crippen molar-refractivity contribution in [2.75, 3.05) is 7.05 Å². The van der Waals surface area contributed by atoms with Gasteiger partial charge >= 0.3 is 0 Å². The van der Waals surface area contributed by atoms with Crippen LogP contribution in [-0.4, -0.2) is 11.9 Å². The zero-order valence-electron chi connectivity index (χ0n) is 11.6. The molecule has 1 aliphatic rings. The molecule has 0 amide bonds. The first-order valence-corrected chi connectivity index (χ1v) is 7.10. The molecular weight excluding hydrogens is 242 g/mol. The SMILES string of the molecule is CN1Cc2cc3ccccc3c(-c3ccccc3)c2C1. The van der Waals surface area contributed by atoms with E-state index in [4.69, 9.17) is 0 Å². The van der Waals surface area contributed by atoms with Crippen molar-refractivity contribution >= 4 is 10.8 Å². The van der Waals surface area contributed by atoms with E-state index < -0.39 is 0 Å². The molecule has 0 unspecified atom stereocenters. The highest BCUT2D eigenvalue weighted by molar-refractivity contribution is 5.99. The molecule has 0 N–H and O–H groups in total. The molecule has 1 heterocycles. The van der Waals surface area contributed by atoms with Crippen molar-refractivity contribution in [3.63, 3.8) is 0 Å². The van der Waals surface area contributed by atoms with Crippen molar-refractivity contribution in [2.24, 2.45) is 0 Å². The van der Waals surface area contributed by atoms with Crippen LogP contribution >= 0.6 is 0 Å². The lowest BCUT2D eigenvalue weighted by Gasteiger charge is -2.13. The number of benzene rings is 3. The first kappa shape index (κ1) is 11.7. The topological polar surface area (TPSA) is 3.24 Å². The predicted octanol–water partition coefficient (Wildman–Crippen LogP) is 4.45. The molecular formula is C19H17N. The molecule has 1 aliphatic heterocycles. The Morgan fingerprint density at radius 3 is 2.45 bits per heavy atom. The lowest BCUT2D eigenvalue weighted by atomic mass is 9.91. The molecule has 3 aromatic carbocycles. The van der Waals surface area contributed by atoms with E-state index in [1.165, 1.54) is 33.0 Å². The fourth-order valence-electron chi connectivity index (χ4n) is 3.32. The maximum Gasteiger partial charge on any atom is 0.0243 e. The molecule has 0 aromatic heterocycles. The molecule has 98 valence electrons. The van der Waals surface area contributed by atoms with E-state index in [-0.39, 0.29) is 0 Å². The number of nitrogens with zero attached hydrogens (tertiary/aromatic N) is 1. The van der Waals surface area contributed by atoms with Crippen LogP contribution in [0.3, 0.4) is 0 Å². The summed E-state index contributed by atoms with van der Waals surface area (Å²) in [6.45, 7) is 2.10. The summed E-state index contributed by atoms with van der Waals surface area (Å²) in [6.07, 6.45) is 0. The molecule has 1 nitrogen and oxygen atoms in total. The smallest absolute Gasteiger partial charge is 0.0243 e. The van der Waals surface area contributed by atoms with Crippen LogP contribution in [0.2, 0.25) is 0 Å². The van der Waals surface area contributed by atoms with Gasteiger partial charge < -0.3 is 0 Å². The molecule has 0 fully saturated rings. The van der Waals surface area contributed by atoms with E-state index >= 15 is 0 Å². The Kier molecular flexibility index (Phi) is 2.61. The molecule has 0 spiro atoms. The summed E-state index contributed by atoms with van der Waals surface area (Å²) in [6, 6.07) is 21.9. The van der Waals surface area contributed by atoms with Crippen molar-refractivity contribution < 1.29 is 0 Å². The summed E-state index contributed by atoms with van der Waals surface area (Å²) < 4.78 is 0. The van der Waals surface area contributed by atoms with Crippen molar-refractivity contribution in [1.29, 1.82) is 0 Å². The first-order chi connectivity index (χ1) is 9.83. The summed E-state index contributed by atoms with van der Waals surface area (Å²) in [4.78, 5) is 2.38. The predicted molar refractivity (Wildman–Crippen MR) is 84.6 cm³/mol. The van der Waals surface area contributed by atoms with Gasteiger partial charge in [-0.05, 0) is 46.1 Å². The van der Waals surface area contributed by atoms with Crippen LogP contribution in [0.25, 0.3) is 21.9 Å². The summed E-state index contributed by atoms with van der Waals surface area (Å²) >= 11 is 0. The molecule has 0 saturated heterocycles. The van der Waals surface area contributed by atoms with Gasteiger partial charge in [0.2, 0.25) is 0 Å². The van der Waals surface area contributed by atoms with Crippen LogP contribution in [-0.2, 0) is 13.1 Å². The molecule has 20 heavy (non-hydrogen) atoms. The lowest BCUT2D eigenvalue weighted by Crippen LogP contribution is -2.07. The molecule has 0 bridgehead atoms. The Morgan fingerprint density at radius 1 is 0.850 bits per heavy atom. The van der Waals surface area contributed by atoms with Crippen LogP contribution in [0.4, 0.5) is 0 Å². The Labute approximate surface area is 119 Å². The summed E-state index contributed by atoms with van der Waals surface area (Å²) in [7, 11) is 2.19. The third-order valence-corrected chi connectivity index (χ3v) is 4.18. The average molecular weight is 259 g/mol. The second-order valence-electron chi connectivity index (χ2n) is 5.65. The van der Waals surface area contributed by atoms with Gasteiger partial charge in [0, 0.05) is 13.1 Å². The second-order valence-corrected chi connectivity index (χ2v) is 5.65. The van der Waals surface area contributed by atoms with Crippen molar-refractivity contribution in [2.45, 2.75) is 13.1 Å². The largest absolute Gasteiger partial charge is 0.298 e. The fraction of sp³-hybridized carbons (Fsp3) is 0.158. The zero-order chi connectivity index (χ0) is 13.5. The van der Waals surface area contributed by atoms with E-state index in [1.54, 1.807) is 0 Å².